The van der Waals surface area contributed by atoms with Crippen molar-refractivity contribution in [2.45, 2.75) is 24.9 Å². The molecule has 0 aliphatic carbocycles. The summed E-state index contributed by atoms with van der Waals surface area (Å²) in [6.07, 6.45) is 1.28. The van der Waals surface area contributed by atoms with Crippen LogP contribution in [0.4, 0.5) is 5.69 Å². The minimum Gasteiger partial charge on any atom is -0.496 e. The van der Waals surface area contributed by atoms with E-state index in [2.05, 4.69) is 15.2 Å². The molecular weight excluding hydrogens is 566 g/mol. The average Bonchev–Trinajstić information content (AvgIpc) is 3.35. The Kier molecular flexibility index (Phi) is 8.29. The zero-order valence-electron chi connectivity index (χ0n) is 23.0. The lowest BCUT2D eigenvalue weighted by Gasteiger charge is -2.35. The normalized spacial score (nSPS) is 14.3. The van der Waals surface area contributed by atoms with Gasteiger partial charge in [-0.05, 0) is 25.1 Å². The summed E-state index contributed by atoms with van der Waals surface area (Å²) >= 11 is 1.15. The zero-order valence-corrected chi connectivity index (χ0v) is 24.6. The SMILES string of the molecule is COc1ccccc1CNC(=O)Cn1cnc2sc(C)c(S(=O)(=O)N3CCN(c4ccccc4OC)CC3)c2c1=O. The maximum absolute atomic E-state index is 13.9. The predicted molar refractivity (Wildman–Crippen MR) is 157 cm³/mol. The van der Waals surface area contributed by atoms with Gasteiger partial charge in [-0.1, -0.05) is 30.3 Å². The second-order valence-electron chi connectivity index (χ2n) is 9.50. The Morgan fingerprint density at radius 3 is 2.37 bits per heavy atom. The largest absolute Gasteiger partial charge is 0.496 e. The molecule has 0 saturated carbocycles. The fourth-order valence-corrected chi connectivity index (χ4v) is 8.07. The highest BCUT2D eigenvalue weighted by molar-refractivity contribution is 7.89. The van der Waals surface area contributed by atoms with Gasteiger partial charge < -0.3 is 19.7 Å². The number of benzene rings is 2. The Morgan fingerprint density at radius 2 is 1.66 bits per heavy atom. The monoisotopic (exact) mass is 597 g/mol. The number of hydrogen-bond acceptors (Lipinski definition) is 9. The van der Waals surface area contributed by atoms with Crippen LogP contribution in [0.1, 0.15) is 10.4 Å². The van der Waals surface area contributed by atoms with Gasteiger partial charge in [0.05, 0.1) is 31.6 Å². The number of thiophene rings is 1. The molecule has 2 aromatic carbocycles. The molecule has 0 atom stereocenters. The molecule has 1 fully saturated rings. The molecule has 4 aromatic rings. The number of piperazine rings is 1. The summed E-state index contributed by atoms with van der Waals surface area (Å²) < 4.78 is 41.1. The first-order valence-corrected chi connectivity index (χ1v) is 15.3. The number of nitrogens with one attached hydrogen (secondary N) is 1. The average molecular weight is 598 g/mol. The third-order valence-electron chi connectivity index (χ3n) is 7.04. The highest BCUT2D eigenvalue weighted by atomic mass is 32.2. The van der Waals surface area contributed by atoms with Crippen LogP contribution in [0.2, 0.25) is 0 Å². The second kappa shape index (κ2) is 11.9. The van der Waals surface area contributed by atoms with Crippen LogP contribution in [-0.4, -0.2) is 68.6 Å². The van der Waals surface area contributed by atoms with Crippen molar-refractivity contribution in [3.63, 3.8) is 0 Å². The van der Waals surface area contributed by atoms with Crippen molar-refractivity contribution < 1.29 is 22.7 Å². The van der Waals surface area contributed by atoms with Crippen LogP contribution >= 0.6 is 11.3 Å². The van der Waals surface area contributed by atoms with Gasteiger partial charge in [0.25, 0.3) is 5.56 Å². The maximum Gasteiger partial charge on any atom is 0.263 e. The Morgan fingerprint density at radius 1 is 1.00 bits per heavy atom. The highest BCUT2D eigenvalue weighted by Crippen LogP contribution is 2.34. The molecule has 13 heteroatoms. The van der Waals surface area contributed by atoms with E-state index in [0.29, 0.717) is 28.5 Å². The van der Waals surface area contributed by atoms with Gasteiger partial charge in [-0.15, -0.1) is 11.3 Å². The molecule has 216 valence electrons. The van der Waals surface area contributed by atoms with E-state index in [1.807, 2.05) is 42.5 Å². The second-order valence-corrected chi connectivity index (χ2v) is 12.6. The summed E-state index contributed by atoms with van der Waals surface area (Å²) in [5.41, 5.74) is 1.12. The molecule has 1 saturated heterocycles. The first kappa shape index (κ1) is 28.6. The highest BCUT2D eigenvalue weighted by Gasteiger charge is 2.34. The molecule has 0 bridgehead atoms. The van der Waals surface area contributed by atoms with E-state index >= 15 is 0 Å². The van der Waals surface area contributed by atoms with Crippen LogP contribution in [0.15, 0.2) is 64.5 Å². The van der Waals surface area contributed by atoms with Crippen LogP contribution in [0.25, 0.3) is 10.2 Å². The summed E-state index contributed by atoms with van der Waals surface area (Å²) in [7, 11) is -0.843. The number of aromatic nitrogens is 2. The van der Waals surface area contributed by atoms with Crippen LogP contribution in [-0.2, 0) is 27.9 Å². The number of rotatable bonds is 9. The topological polar surface area (TPSA) is 123 Å². The maximum atomic E-state index is 13.9. The third-order valence-corrected chi connectivity index (χ3v) is 10.3. The van der Waals surface area contributed by atoms with Gasteiger partial charge in [0.15, 0.2) is 0 Å². The van der Waals surface area contributed by atoms with E-state index in [0.717, 1.165) is 32.9 Å². The van der Waals surface area contributed by atoms with Gasteiger partial charge in [0, 0.05) is 43.2 Å². The number of fused-ring (bicyclic) bond motifs is 1. The van der Waals surface area contributed by atoms with E-state index in [-0.39, 0.29) is 36.5 Å². The number of sulfonamides is 1. The first-order chi connectivity index (χ1) is 19.7. The minimum absolute atomic E-state index is 0.0136. The lowest BCUT2D eigenvalue weighted by Crippen LogP contribution is -2.49. The number of nitrogens with zero attached hydrogens (tertiary/aromatic N) is 4. The first-order valence-electron chi connectivity index (χ1n) is 13.0. The standard InChI is InChI=1S/C28H31N5O6S2/c1-19-26(41(36,37)33-14-12-31(13-15-33)21-9-5-7-11-23(21)39-3)25-27(40-19)30-18-32(28(25)35)17-24(34)29-16-20-8-4-6-10-22(20)38-2/h4-11,18H,12-17H2,1-3H3,(H,29,34). The molecule has 3 heterocycles. The van der Waals surface area contributed by atoms with Crippen molar-refractivity contribution in [1.82, 2.24) is 19.2 Å². The molecule has 0 unspecified atom stereocenters. The fraction of sp³-hybridized carbons (Fsp3) is 0.321. The summed E-state index contributed by atoms with van der Waals surface area (Å²) in [5, 5.41) is 2.79. The molecule has 1 aliphatic rings. The summed E-state index contributed by atoms with van der Waals surface area (Å²) in [4.78, 5) is 33.4. The van der Waals surface area contributed by atoms with E-state index in [9.17, 15) is 18.0 Å². The number of aryl methyl sites for hydroxylation is 1. The summed E-state index contributed by atoms with van der Waals surface area (Å²) in [6, 6.07) is 14.9. The number of hydrogen-bond donors (Lipinski definition) is 1. The number of ether oxygens (including phenoxy) is 2. The van der Waals surface area contributed by atoms with Crippen molar-refractivity contribution in [3.05, 3.63) is 75.7 Å². The van der Waals surface area contributed by atoms with Gasteiger partial charge in [-0.25, -0.2) is 13.4 Å². The van der Waals surface area contributed by atoms with E-state index in [1.54, 1.807) is 27.2 Å². The smallest absolute Gasteiger partial charge is 0.263 e. The van der Waals surface area contributed by atoms with Crippen LogP contribution in [0, 0.1) is 6.92 Å². The quantitative estimate of drug-likeness (QED) is 0.313. The number of carbonyl (C=O) groups excluding carboxylic acids is 1. The van der Waals surface area contributed by atoms with Crippen molar-refractivity contribution in [2.24, 2.45) is 0 Å². The van der Waals surface area contributed by atoms with Gasteiger partial charge in [0.2, 0.25) is 15.9 Å². The van der Waals surface area contributed by atoms with Gasteiger partial charge in [-0.2, -0.15) is 4.31 Å². The zero-order chi connectivity index (χ0) is 29.1. The van der Waals surface area contributed by atoms with Crippen LogP contribution < -0.4 is 25.2 Å². The Bertz CT molecular complexity index is 1740. The molecule has 5 rings (SSSR count). The number of anilines is 1. The van der Waals surface area contributed by atoms with Crippen LogP contribution in [0.5, 0.6) is 11.5 Å². The predicted octanol–water partition coefficient (Wildman–Crippen LogP) is 2.61. The van der Waals surface area contributed by atoms with Crippen LogP contribution in [0.3, 0.4) is 0 Å². The molecule has 1 amide bonds. The lowest BCUT2D eigenvalue weighted by molar-refractivity contribution is -0.121. The minimum atomic E-state index is -4.00. The Labute approximate surface area is 242 Å². The molecule has 41 heavy (non-hydrogen) atoms. The molecular formula is C28H31N5O6S2. The molecule has 11 nitrogen and oxygen atoms in total. The number of amides is 1. The molecule has 1 N–H and O–H groups in total. The van der Waals surface area contributed by atoms with Gasteiger partial charge in [-0.3, -0.25) is 14.2 Å². The molecule has 1 aliphatic heterocycles. The van der Waals surface area contributed by atoms with Crippen molar-refractivity contribution in [2.75, 3.05) is 45.3 Å². The van der Waals surface area contributed by atoms with E-state index < -0.39 is 21.5 Å². The molecule has 2 aromatic heterocycles. The number of methoxy groups -OCH3 is 2. The molecule has 0 spiro atoms. The summed E-state index contributed by atoms with van der Waals surface area (Å²) in [6.45, 7) is 3.02. The number of carbonyl (C=O) groups is 1. The Balaban J connectivity index is 1.36. The third kappa shape index (κ3) is 5.65. The summed E-state index contributed by atoms with van der Waals surface area (Å²) in [5.74, 6) is 0.949. The van der Waals surface area contributed by atoms with Crippen molar-refractivity contribution >= 4 is 43.2 Å². The fourth-order valence-electron chi connectivity index (χ4n) is 4.98. The lowest BCUT2D eigenvalue weighted by atomic mass is 10.2. The Hall–Kier alpha value is -3.94. The van der Waals surface area contributed by atoms with Crippen molar-refractivity contribution in [1.29, 1.82) is 0 Å². The van der Waals surface area contributed by atoms with Crippen molar-refractivity contribution in [3.8, 4) is 11.5 Å². The number of para-hydroxylation sites is 3. The van der Waals surface area contributed by atoms with E-state index in [4.69, 9.17) is 9.47 Å². The van der Waals surface area contributed by atoms with E-state index in [1.165, 1.54) is 10.6 Å². The molecule has 0 radical (unpaired) electrons. The van der Waals surface area contributed by atoms with Gasteiger partial charge >= 0.3 is 0 Å². The van der Waals surface area contributed by atoms with Gasteiger partial charge in [0.1, 0.15) is 27.8 Å².